The second kappa shape index (κ2) is 7.78. The standard InChI is InChI=1S/C18H35N3O/c1-14(2)18(22)19-8-6-17(7-9-19)13-21-11-10-20(15(3)4)12-16(21)5/h14-17H,6-13H2,1-5H3. The number of likely N-dealkylation sites (tertiary alicyclic amines) is 1. The first-order valence-electron chi connectivity index (χ1n) is 9.15. The van der Waals surface area contributed by atoms with Gasteiger partial charge in [-0.15, -0.1) is 0 Å². The maximum absolute atomic E-state index is 12.1. The SMILES string of the molecule is CC(C)C(=O)N1CCC(CN2CCN(C(C)C)CC2C)CC1. The third kappa shape index (κ3) is 4.45. The summed E-state index contributed by atoms with van der Waals surface area (Å²) in [5.41, 5.74) is 0. The summed E-state index contributed by atoms with van der Waals surface area (Å²) >= 11 is 0. The lowest BCUT2D eigenvalue weighted by atomic mass is 9.94. The molecule has 0 aromatic carbocycles. The van der Waals surface area contributed by atoms with Crippen molar-refractivity contribution >= 4 is 5.91 Å². The molecule has 0 aromatic rings. The van der Waals surface area contributed by atoms with Crippen molar-refractivity contribution in [2.75, 3.05) is 39.3 Å². The summed E-state index contributed by atoms with van der Waals surface area (Å²) in [5.74, 6) is 1.24. The number of amides is 1. The lowest BCUT2D eigenvalue weighted by Gasteiger charge is -2.44. The number of hydrogen-bond donors (Lipinski definition) is 0. The van der Waals surface area contributed by atoms with E-state index in [4.69, 9.17) is 0 Å². The Labute approximate surface area is 136 Å². The molecule has 128 valence electrons. The minimum atomic E-state index is 0.140. The molecule has 1 amide bonds. The lowest BCUT2D eigenvalue weighted by Crippen LogP contribution is -2.55. The van der Waals surface area contributed by atoms with Gasteiger partial charge in [-0.3, -0.25) is 14.6 Å². The summed E-state index contributed by atoms with van der Waals surface area (Å²) in [6.45, 7) is 17.7. The van der Waals surface area contributed by atoms with Crippen molar-refractivity contribution < 1.29 is 4.79 Å². The fraction of sp³-hybridized carbons (Fsp3) is 0.944. The molecule has 1 unspecified atom stereocenters. The van der Waals surface area contributed by atoms with E-state index in [1.54, 1.807) is 0 Å². The summed E-state index contributed by atoms with van der Waals surface area (Å²) in [7, 11) is 0. The molecule has 0 saturated carbocycles. The first-order valence-corrected chi connectivity index (χ1v) is 9.15. The van der Waals surface area contributed by atoms with E-state index in [0.717, 1.165) is 19.0 Å². The summed E-state index contributed by atoms with van der Waals surface area (Å²) < 4.78 is 0. The van der Waals surface area contributed by atoms with Gasteiger partial charge < -0.3 is 4.90 Å². The van der Waals surface area contributed by atoms with Crippen LogP contribution in [0.2, 0.25) is 0 Å². The van der Waals surface area contributed by atoms with Crippen molar-refractivity contribution in [3.63, 3.8) is 0 Å². The van der Waals surface area contributed by atoms with Gasteiger partial charge in [-0.05, 0) is 39.5 Å². The van der Waals surface area contributed by atoms with Crippen molar-refractivity contribution in [1.29, 1.82) is 0 Å². The third-order valence-corrected chi connectivity index (χ3v) is 5.44. The first-order chi connectivity index (χ1) is 10.4. The molecule has 2 aliphatic rings. The largest absolute Gasteiger partial charge is 0.342 e. The van der Waals surface area contributed by atoms with Gasteiger partial charge in [0.15, 0.2) is 0 Å². The highest BCUT2D eigenvalue weighted by Crippen LogP contribution is 2.22. The lowest BCUT2D eigenvalue weighted by molar-refractivity contribution is -0.136. The molecule has 2 aliphatic heterocycles. The molecule has 1 atom stereocenters. The Bertz CT molecular complexity index is 361. The van der Waals surface area contributed by atoms with Gasteiger partial charge in [-0.25, -0.2) is 0 Å². The molecule has 4 heteroatoms. The number of carbonyl (C=O) groups excluding carboxylic acids is 1. The van der Waals surface area contributed by atoms with Crippen LogP contribution in [0.4, 0.5) is 0 Å². The van der Waals surface area contributed by atoms with Gasteiger partial charge in [0, 0.05) is 57.3 Å². The Hall–Kier alpha value is -0.610. The molecule has 2 heterocycles. The van der Waals surface area contributed by atoms with E-state index in [1.165, 1.54) is 39.0 Å². The highest BCUT2D eigenvalue weighted by molar-refractivity contribution is 5.78. The normalized spacial score (nSPS) is 26.1. The second-order valence-electron chi connectivity index (χ2n) is 7.86. The van der Waals surface area contributed by atoms with Crippen LogP contribution < -0.4 is 0 Å². The second-order valence-corrected chi connectivity index (χ2v) is 7.86. The minimum Gasteiger partial charge on any atom is -0.342 e. The van der Waals surface area contributed by atoms with E-state index in [-0.39, 0.29) is 5.92 Å². The topological polar surface area (TPSA) is 26.8 Å². The minimum absolute atomic E-state index is 0.140. The monoisotopic (exact) mass is 309 g/mol. The van der Waals surface area contributed by atoms with Gasteiger partial charge in [0.1, 0.15) is 0 Å². The molecule has 0 bridgehead atoms. The molecule has 0 aliphatic carbocycles. The van der Waals surface area contributed by atoms with Crippen LogP contribution in [0.25, 0.3) is 0 Å². The average molecular weight is 309 g/mol. The van der Waals surface area contributed by atoms with E-state index in [9.17, 15) is 4.79 Å². The molecule has 2 rings (SSSR count). The zero-order valence-corrected chi connectivity index (χ0v) is 15.2. The zero-order valence-electron chi connectivity index (χ0n) is 15.2. The van der Waals surface area contributed by atoms with E-state index >= 15 is 0 Å². The molecule has 4 nitrogen and oxygen atoms in total. The van der Waals surface area contributed by atoms with Crippen molar-refractivity contribution in [3.8, 4) is 0 Å². The molecule has 2 saturated heterocycles. The Balaban J connectivity index is 1.76. The number of rotatable bonds is 4. The van der Waals surface area contributed by atoms with Crippen LogP contribution in [0.5, 0.6) is 0 Å². The maximum atomic E-state index is 12.1. The predicted octanol–water partition coefficient (Wildman–Crippen LogP) is 2.30. The van der Waals surface area contributed by atoms with Gasteiger partial charge in [-0.1, -0.05) is 13.8 Å². The van der Waals surface area contributed by atoms with Crippen molar-refractivity contribution in [2.45, 2.75) is 59.5 Å². The van der Waals surface area contributed by atoms with Crippen LogP contribution in [-0.4, -0.2) is 72.0 Å². The van der Waals surface area contributed by atoms with Gasteiger partial charge in [0.25, 0.3) is 0 Å². The van der Waals surface area contributed by atoms with Gasteiger partial charge >= 0.3 is 0 Å². The predicted molar refractivity (Wildman–Crippen MR) is 91.9 cm³/mol. The molecule has 0 radical (unpaired) electrons. The van der Waals surface area contributed by atoms with Crippen molar-refractivity contribution in [3.05, 3.63) is 0 Å². The smallest absolute Gasteiger partial charge is 0.225 e. The number of carbonyl (C=O) groups is 1. The Morgan fingerprint density at radius 3 is 2.18 bits per heavy atom. The van der Waals surface area contributed by atoms with Crippen LogP contribution in [0.3, 0.4) is 0 Å². The Kier molecular flexibility index (Phi) is 6.27. The molecule has 0 aromatic heterocycles. The van der Waals surface area contributed by atoms with Crippen molar-refractivity contribution in [2.24, 2.45) is 11.8 Å². The molecule has 22 heavy (non-hydrogen) atoms. The Morgan fingerprint density at radius 1 is 1.05 bits per heavy atom. The molecular formula is C18H35N3O. The van der Waals surface area contributed by atoms with Gasteiger partial charge in [0.2, 0.25) is 5.91 Å². The van der Waals surface area contributed by atoms with E-state index in [1.807, 2.05) is 13.8 Å². The molecular weight excluding hydrogens is 274 g/mol. The molecule has 2 fully saturated rings. The van der Waals surface area contributed by atoms with E-state index in [2.05, 4.69) is 35.5 Å². The summed E-state index contributed by atoms with van der Waals surface area (Å²) in [6.07, 6.45) is 2.35. The van der Waals surface area contributed by atoms with E-state index < -0.39 is 0 Å². The first kappa shape index (κ1) is 17.7. The van der Waals surface area contributed by atoms with E-state index in [0.29, 0.717) is 18.0 Å². The molecule has 0 spiro atoms. The fourth-order valence-electron chi connectivity index (χ4n) is 3.80. The van der Waals surface area contributed by atoms with Gasteiger partial charge in [-0.2, -0.15) is 0 Å². The van der Waals surface area contributed by atoms with Crippen LogP contribution in [0, 0.1) is 11.8 Å². The third-order valence-electron chi connectivity index (χ3n) is 5.44. The van der Waals surface area contributed by atoms with Gasteiger partial charge in [0.05, 0.1) is 0 Å². The summed E-state index contributed by atoms with van der Waals surface area (Å²) in [5, 5.41) is 0. The number of piperidine rings is 1. The summed E-state index contributed by atoms with van der Waals surface area (Å²) in [4.78, 5) is 19.4. The summed E-state index contributed by atoms with van der Waals surface area (Å²) in [6, 6.07) is 1.32. The zero-order chi connectivity index (χ0) is 16.3. The van der Waals surface area contributed by atoms with Crippen LogP contribution in [0.15, 0.2) is 0 Å². The molecule has 0 N–H and O–H groups in total. The average Bonchev–Trinajstić information content (AvgIpc) is 2.49. The van der Waals surface area contributed by atoms with Crippen LogP contribution >= 0.6 is 0 Å². The Morgan fingerprint density at radius 2 is 1.68 bits per heavy atom. The number of hydrogen-bond acceptors (Lipinski definition) is 3. The highest BCUT2D eigenvalue weighted by atomic mass is 16.2. The fourth-order valence-corrected chi connectivity index (χ4v) is 3.80. The van der Waals surface area contributed by atoms with Crippen LogP contribution in [-0.2, 0) is 4.79 Å². The quantitative estimate of drug-likeness (QED) is 0.797. The van der Waals surface area contributed by atoms with Crippen LogP contribution in [0.1, 0.15) is 47.5 Å². The highest BCUT2D eigenvalue weighted by Gasteiger charge is 2.29. The number of nitrogens with zero attached hydrogens (tertiary/aromatic N) is 3. The maximum Gasteiger partial charge on any atom is 0.225 e. The van der Waals surface area contributed by atoms with Crippen molar-refractivity contribution in [1.82, 2.24) is 14.7 Å². The number of piperazine rings is 1.